The van der Waals surface area contributed by atoms with E-state index in [2.05, 4.69) is 15.6 Å². The molecule has 20 heavy (non-hydrogen) atoms. The molecule has 0 aliphatic carbocycles. The van der Waals surface area contributed by atoms with Gasteiger partial charge in [-0.3, -0.25) is 4.79 Å². The normalized spacial score (nSPS) is 10.3. The Morgan fingerprint density at radius 2 is 2.15 bits per heavy atom. The molecule has 0 saturated carbocycles. The van der Waals surface area contributed by atoms with Crippen molar-refractivity contribution in [3.63, 3.8) is 0 Å². The van der Waals surface area contributed by atoms with Crippen LogP contribution in [0.15, 0.2) is 24.3 Å². The number of nitrogens with one attached hydrogen (secondary N) is 1. The van der Waals surface area contributed by atoms with E-state index in [4.69, 9.17) is 4.74 Å². The predicted molar refractivity (Wildman–Crippen MR) is 75.3 cm³/mol. The van der Waals surface area contributed by atoms with E-state index in [0.29, 0.717) is 23.7 Å². The third-order valence-corrected chi connectivity index (χ3v) is 2.96. The van der Waals surface area contributed by atoms with E-state index in [9.17, 15) is 4.79 Å². The lowest BCUT2D eigenvalue weighted by Gasteiger charge is -2.08. The van der Waals surface area contributed by atoms with Crippen LogP contribution in [0.1, 0.15) is 29.5 Å². The summed E-state index contributed by atoms with van der Waals surface area (Å²) < 4.78 is 6.91. The number of hydrogen-bond donors (Lipinski definition) is 1. The molecule has 1 aromatic heterocycles. The van der Waals surface area contributed by atoms with Crippen LogP contribution < -0.4 is 10.1 Å². The molecule has 0 aliphatic heterocycles. The van der Waals surface area contributed by atoms with Crippen molar-refractivity contribution in [3.8, 4) is 11.4 Å². The van der Waals surface area contributed by atoms with E-state index in [1.165, 1.54) is 0 Å². The average Bonchev–Trinajstić information content (AvgIpc) is 2.86. The van der Waals surface area contributed by atoms with Crippen LogP contribution in [0.25, 0.3) is 5.69 Å². The van der Waals surface area contributed by atoms with Crippen LogP contribution in [-0.2, 0) is 0 Å². The van der Waals surface area contributed by atoms with Gasteiger partial charge in [0.25, 0.3) is 5.91 Å². The molecular weight excluding hydrogens is 256 g/mol. The number of carbonyl (C=O) groups is 1. The van der Waals surface area contributed by atoms with Crippen LogP contribution in [0.5, 0.6) is 5.75 Å². The fourth-order valence-corrected chi connectivity index (χ4v) is 1.89. The molecule has 0 radical (unpaired) electrons. The molecule has 2 rings (SSSR count). The first-order valence-electron chi connectivity index (χ1n) is 6.53. The summed E-state index contributed by atoms with van der Waals surface area (Å²) >= 11 is 0. The van der Waals surface area contributed by atoms with Gasteiger partial charge in [0.15, 0.2) is 5.69 Å². The Bertz CT molecular complexity index is 607. The van der Waals surface area contributed by atoms with E-state index in [1.807, 2.05) is 38.1 Å². The van der Waals surface area contributed by atoms with Gasteiger partial charge in [-0.2, -0.15) is 0 Å². The molecule has 0 atom stereocenters. The van der Waals surface area contributed by atoms with Crippen molar-refractivity contribution < 1.29 is 9.53 Å². The van der Waals surface area contributed by atoms with Crippen LogP contribution in [0.3, 0.4) is 0 Å². The smallest absolute Gasteiger partial charge is 0.273 e. The Kier molecular flexibility index (Phi) is 4.34. The summed E-state index contributed by atoms with van der Waals surface area (Å²) in [6.45, 7) is 4.44. The molecule has 0 fully saturated rings. The van der Waals surface area contributed by atoms with Gasteiger partial charge in [-0.15, -0.1) is 5.10 Å². The fraction of sp³-hybridized carbons (Fsp3) is 0.357. The zero-order chi connectivity index (χ0) is 14.5. The highest BCUT2D eigenvalue weighted by atomic mass is 16.5. The molecule has 6 heteroatoms. The number of para-hydroxylation sites is 2. The Morgan fingerprint density at radius 3 is 2.85 bits per heavy atom. The van der Waals surface area contributed by atoms with E-state index in [0.717, 1.165) is 12.1 Å². The lowest BCUT2D eigenvalue weighted by molar-refractivity contribution is 0.0948. The van der Waals surface area contributed by atoms with Gasteiger partial charge in [0.05, 0.1) is 12.8 Å². The van der Waals surface area contributed by atoms with Crippen molar-refractivity contribution in [1.29, 1.82) is 0 Å². The topological polar surface area (TPSA) is 69.0 Å². The van der Waals surface area contributed by atoms with Gasteiger partial charge in [-0.25, -0.2) is 4.68 Å². The van der Waals surface area contributed by atoms with Crippen molar-refractivity contribution in [2.75, 3.05) is 13.7 Å². The summed E-state index contributed by atoms with van der Waals surface area (Å²) in [7, 11) is 1.60. The predicted octanol–water partition coefficient (Wildman–Crippen LogP) is 1.72. The number of carbonyl (C=O) groups excluding carboxylic acids is 1. The number of ether oxygens (including phenoxy) is 1. The number of hydrogen-bond acceptors (Lipinski definition) is 4. The molecule has 0 unspecified atom stereocenters. The van der Waals surface area contributed by atoms with Crippen molar-refractivity contribution >= 4 is 5.91 Å². The minimum absolute atomic E-state index is 0.203. The molecule has 6 nitrogen and oxygen atoms in total. The summed E-state index contributed by atoms with van der Waals surface area (Å²) in [5.41, 5.74) is 1.78. The van der Waals surface area contributed by atoms with E-state index >= 15 is 0 Å². The molecule has 1 heterocycles. The zero-order valence-electron chi connectivity index (χ0n) is 11.9. The summed E-state index contributed by atoms with van der Waals surface area (Å²) in [6.07, 6.45) is 0.880. The maximum atomic E-state index is 12.0. The summed E-state index contributed by atoms with van der Waals surface area (Å²) in [6, 6.07) is 7.47. The Morgan fingerprint density at radius 1 is 1.40 bits per heavy atom. The lowest BCUT2D eigenvalue weighted by Crippen LogP contribution is -2.25. The molecule has 1 aromatic carbocycles. The number of rotatable bonds is 5. The van der Waals surface area contributed by atoms with Gasteiger partial charge in [-0.1, -0.05) is 24.3 Å². The molecule has 0 spiro atoms. The quantitative estimate of drug-likeness (QED) is 0.901. The van der Waals surface area contributed by atoms with Crippen LogP contribution >= 0.6 is 0 Å². The third-order valence-electron chi connectivity index (χ3n) is 2.96. The standard InChI is InChI=1S/C14H18N4O2/c1-4-9-15-14(19)13-10(2)18(17-16-13)11-7-5-6-8-12(11)20-3/h5-8H,4,9H2,1-3H3,(H,15,19). The van der Waals surface area contributed by atoms with Crippen molar-refractivity contribution in [3.05, 3.63) is 35.7 Å². The van der Waals surface area contributed by atoms with Gasteiger partial charge in [-0.05, 0) is 25.5 Å². The average molecular weight is 274 g/mol. The minimum atomic E-state index is -0.203. The summed E-state index contributed by atoms with van der Waals surface area (Å²) in [5.74, 6) is 0.478. The second kappa shape index (κ2) is 6.18. The highest BCUT2D eigenvalue weighted by Crippen LogP contribution is 2.23. The number of amides is 1. The molecule has 0 bridgehead atoms. The van der Waals surface area contributed by atoms with Crippen molar-refractivity contribution in [2.24, 2.45) is 0 Å². The van der Waals surface area contributed by atoms with Gasteiger partial charge >= 0.3 is 0 Å². The van der Waals surface area contributed by atoms with Crippen molar-refractivity contribution in [1.82, 2.24) is 20.3 Å². The third kappa shape index (κ3) is 2.64. The van der Waals surface area contributed by atoms with Gasteiger partial charge in [0.1, 0.15) is 11.4 Å². The van der Waals surface area contributed by atoms with Gasteiger partial charge in [0.2, 0.25) is 0 Å². The Hall–Kier alpha value is -2.37. The number of aromatic nitrogens is 3. The molecule has 0 aliphatic rings. The molecular formula is C14H18N4O2. The summed E-state index contributed by atoms with van der Waals surface area (Å²) in [4.78, 5) is 12.0. The molecule has 0 saturated heterocycles. The zero-order valence-corrected chi connectivity index (χ0v) is 11.9. The van der Waals surface area contributed by atoms with Crippen LogP contribution in [-0.4, -0.2) is 34.6 Å². The first-order valence-corrected chi connectivity index (χ1v) is 6.53. The molecule has 1 amide bonds. The van der Waals surface area contributed by atoms with E-state index in [1.54, 1.807) is 11.8 Å². The van der Waals surface area contributed by atoms with Gasteiger partial charge < -0.3 is 10.1 Å². The van der Waals surface area contributed by atoms with Crippen LogP contribution in [0.4, 0.5) is 0 Å². The number of nitrogens with zero attached hydrogens (tertiary/aromatic N) is 3. The first kappa shape index (κ1) is 14.0. The molecule has 2 aromatic rings. The number of methoxy groups -OCH3 is 1. The highest BCUT2D eigenvalue weighted by Gasteiger charge is 2.18. The second-order valence-corrected chi connectivity index (χ2v) is 4.36. The monoisotopic (exact) mass is 274 g/mol. The Labute approximate surface area is 117 Å². The number of benzene rings is 1. The van der Waals surface area contributed by atoms with E-state index < -0.39 is 0 Å². The fourth-order valence-electron chi connectivity index (χ4n) is 1.89. The second-order valence-electron chi connectivity index (χ2n) is 4.36. The summed E-state index contributed by atoms with van der Waals surface area (Å²) in [5, 5.41) is 10.8. The SMILES string of the molecule is CCCNC(=O)c1nnn(-c2ccccc2OC)c1C. The maximum Gasteiger partial charge on any atom is 0.273 e. The van der Waals surface area contributed by atoms with Crippen molar-refractivity contribution in [2.45, 2.75) is 20.3 Å². The molecule has 106 valence electrons. The maximum absolute atomic E-state index is 12.0. The first-order chi connectivity index (χ1) is 9.69. The minimum Gasteiger partial charge on any atom is -0.494 e. The van der Waals surface area contributed by atoms with Crippen LogP contribution in [0.2, 0.25) is 0 Å². The molecule has 1 N–H and O–H groups in total. The Balaban J connectivity index is 2.35. The van der Waals surface area contributed by atoms with E-state index in [-0.39, 0.29) is 5.91 Å². The van der Waals surface area contributed by atoms with Crippen LogP contribution in [0, 0.1) is 6.92 Å². The highest BCUT2D eigenvalue weighted by molar-refractivity contribution is 5.93. The lowest BCUT2D eigenvalue weighted by atomic mass is 10.2. The largest absolute Gasteiger partial charge is 0.494 e. The van der Waals surface area contributed by atoms with Gasteiger partial charge in [0, 0.05) is 6.54 Å².